The summed E-state index contributed by atoms with van der Waals surface area (Å²) in [6.45, 7) is 4.44. The molecule has 0 aliphatic rings. The summed E-state index contributed by atoms with van der Waals surface area (Å²) >= 11 is 0. The van der Waals surface area contributed by atoms with Gasteiger partial charge in [0, 0.05) is 0 Å². The van der Waals surface area contributed by atoms with Crippen molar-refractivity contribution in [3.8, 4) is 0 Å². The van der Waals surface area contributed by atoms with Crippen LogP contribution in [0.4, 0.5) is 0 Å². The van der Waals surface area contributed by atoms with Crippen LogP contribution in [0.3, 0.4) is 0 Å². The van der Waals surface area contributed by atoms with Crippen molar-refractivity contribution in [1.29, 1.82) is 0 Å². The second kappa shape index (κ2) is 18.5. The van der Waals surface area contributed by atoms with E-state index in [1.165, 1.54) is 64.2 Å². The van der Waals surface area contributed by atoms with Gasteiger partial charge in [0.1, 0.15) is 0 Å². The average molecular weight is 308 g/mol. The SMILES string of the molecule is CCCCCCCCCC(CCCCCCC)C(=O)O.[H-].[Na+]. The van der Waals surface area contributed by atoms with Crippen LogP contribution in [0.25, 0.3) is 0 Å². The summed E-state index contributed by atoms with van der Waals surface area (Å²) in [5.74, 6) is -0.668. The molecule has 3 heteroatoms. The van der Waals surface area contributed by atoms with Gasteiger partial charge in [0.15, 0.2) is 0 Å². The molecule has 0 aliphatic carbocycles. The maximum absolute atomic E-state index is 11.2. The first-order chi connectivity index (χ1) is 9.72. The molecule has 0 fully saturated rings. The Labute approximate surface area is 156 Å². The zero-order chi connectivity index (χ0) is 15.1. The van der Waals surface area contributed by atoms with E-state index in [4.69, 9.17) is 0 Å². The third-order valence-corrected chi connectivity index (χ3v) is 4.16. The molecule has 21 heavy (non-hydrogen) atoms. The fourth-order valence-corrected chi connectivity index (χ4v) is 2.73. The van der Waals surface area contributed by atoms with E-state index in [9.17, 15) is 9.90 Å². The van der Waals surface area contributed by atoms with Crippen LogP contribution in [0.1, 0.15) is 105 Å². The number of carboxylic acids is 1. The minimum Gasteiger partial charge on any atom is -1.00 e. The smallest absolute Gasteiger partial charge is 1.00 e. The van der Waals surface area contributed by atoms with Gasteiger partial charge in [-0.05, 0) is 12.8 Å². The summed E-state index contributed by atoms with van der Waals surface area (Å²) in [4.78, 5) is 11.2. The minimum atomic E-state index is -0.577. The van der Waals surface area contributed by atoms with Gasteiger partial charge in [-0.1, -0.05) is 90.9 Å². The standard InChI is InChI=1S/C18H36O2.Na.H/c1-3-5-7-9-10-12-14-16-17(18(19)20)15-13-11-8-6-4-2;;/h17H,3-16H2,1-2H3,(H,19,20);;/q;+1;-1. The summed E-state index contributed by atoms with van der Waals surface area (Å²) in [5, 5.41) is 9.25. The maximum atomic E-state index is 11.2. The number of rotatable bonds is 15. The van der Waals surface area contributed by atoms with E-state index in [1.54, 1.807) is 0 Å². The van der Waals surface area contributed by atoms with Gasteiger partial charge in [0.25, 0.3) is 0 Å². The normalized spacial score (nSPS) is 11.9. The molecule has 0 bridgehead atoms. The second-order valence-corrected chi connectivity index (χ2v) is 6.15. The molecule has 1 N–H and O–H groups in total. The van der Waals surface area contributed by atoms with Crippen molar-refractivity contribution < 1.29 is 40.9 Å². The molecule has 2 nitrogen and oxygen atoms in total. The molecule has 0 saturated carbocycles. The summed E-state index contributed by atoms with van der Waals surface area (Å²) in [5.41, 5.74) is 0. The molecule has 0 radical (unpaired) electrons. The molecule has 0 aromatic carbocycles. The van der Waals surface area contributed by atoms with Crippen LogP contribution in [0, 0.1) is 5.92 Å². The first kappa shape index (κ1) is 23.7. The zero-order valence-electron chi connectivity index (χ0n) is 15.8. The monoisotopic (exact) mass is 308 g/mol. The molecule has 0 amide bonds. The van der Waals surface area contributed by atoms with Gasteiger partial charge in [-0.25, -0.2) is 0 Å². The van der Waals surface area contributed by atoms with Crippen LogP contribution in [-0.4, -0.2) is 11.1 Å². The summed E-state index contributed by atoms with van der Waals surface area (Å²) in [6, 6.07) is 0. The molecule has 0 heterocycles. The number of unbranched alkanes of at least 4 members (excludes halogenated alkanes) is 10. The molecule has 0 aromatic heterocycles. The van der Waals surface area contributed by atoms with Gasteiger partial charge in [-0.2, -0.15) is 0 Å². The van der Waals surface area contributed by atoms with Crippen molar-refractivity contribution in [3.05, 3.63) is 0 Å². The van der Waals surface area contributed by atoms with E-state index in [0.717, 1.165) is 25.7 Å². The van der Waals surface area contributed by atoms with Gasteiger partial charge in [0.05, 0.1) is 5.92 Å². The molecule has 0 aliphatic heterocycles. The van der Waals surface area contributed by atoms with Crippen LogP contribution in [0.15, 0.2) is 0 Å². The van der Waals surface area contributed by atoms with E-state index in [-0.39, 0.29) is 36.9 Å². The van der Waals surface area contributed by atoms with Crippen molar-refractivity contribution in [1.82, 2.24) is 0 Å². The third kappa shape index (κ3) is 16.7. The summed E-state index contributed by atoms with van der Waals surface area (Å²) in [7, 11) is 0. The Kier molecular flexibility index (Phi) is 20.9. The quantitative estimate of drug-likeness (QED) is 0.372. The fraction of sp³-hybridized carbons (Fsp3) is 0.944. The molecule has 0 aromatic rings. The molecule has 0 saturated heterocycles. The predicted octanol–water partition coefficient (Wildman–Crippen LogP) is 3.30. The predicted molar refractivity (Wildman–Crippen MR) is 88.2 cm³/mol. The van der Waals surface area contributed by atoms with E-state index < -0.39 is 5.97 Å². The average Bonchev–Trinajstić information content (AvgIpc) is 2.43. The van der Waals surface area contributed by atoms with Gasteiger partial charge >= 0.3 is 35.5 Å². The number of aliphatic carboxylic acids is 1. The molecule has 1 unspecified atom stereocenters. The first-order valence-electron chi connectivity index (χ1n) is 8.95. The van der Waals surface area contributed by atoms with Gasteiger partial charge < -0.3 is 6.53 Å². The Morgan fingerprint density at radius 2 is 1.10 bits per heavy atom. The van der Waals surface area contributed by atoms with Crippen molar-refractivity contribution >= 4 is 5.97 Å². The van der Waals surface area contributed by atoms with Crippen LogP contribution >= 0.6 is 0 Å². The van der Waals surface area contributed by atoms with E-state index in [1.807, 2.05) is 0 Å². The number of hydrogen-bond acceptors (Lipinski definition) is 1. The Hall–Kier alpha value is 0.470. The molecular formula is C18H37NaO2. The Morgan fingerprint density at radius 1 is 0.762 bits per heavy atom. The number of carbonyl (C=O) groups is 1. The van der Waals surface area contributed by atoms with E-state index in [2.05, 4.69) is 13.8 Å². The van der Waals surface area contributed by atoms with E-state index in [0.29, 0.717) is 0 Å². The van der Waals surface area contributed by atoms with Gasteiger partial charge in [-0.3, -0.25) is 4.79 Å². The van der Waals surface area contributed by atoms with Crippen molar-refractivity contribution in [2.24, 2.45) is 5.92 Å². The molecule has 122 valence electrons. The fourth-order valence-electron chi connectivity index (χ4n) is 2.73. The Bertz CT molecular complexity index is 225. The van der Waals surface area contributed by atoms with E-state index >= 15 is 0 Å². The number of hydrogen-bond donors (Lipinski definition) is 1. The maximum Gasteiger partial charge on any atom is 1.00 e. The van der Waals surface area contributed by atoms with Crippen LogP contribution in [-0.2, 0) is 4.79 Å². The van der Waals surface area contributed by atoms with Gasteiger partial charge in [0.2, 0.25) is 0 Å². The topological polar surface area (TPSA) is 37.3 Å². The Balaban J connectivity index is -0.00000180. The van der Waals surface area contributed by atoms with Crippen LogP contribution < -0.4 is 29.6 Å². The van der Waals surface area contributed by atoms with Crippen molar-refractivity contribution in [2.45, 2.75) is 104 Å². The van der Waals surface area contributed by atoms with Gasteiger partial charge in [-0.15, -0.1) is 0 Å². The van der Waals surface area contributed by atoms with Crippen LogP contribution in [0.5, 0.6) is 0 Å². The molecular weight excluding hydrogens is 271 g/mol. The number of carboxylic acid groups (broad SMARTS) is 1. The van der Waals surface area contributed by atoms with Crippen molar-refractivity contribution in [2.75, 3.05) is 0 Å². The third-order valence-electron chi connectivity index (χ3n) is 4.16. The van der Waals surface area contributed by atoms with Crippen molar-refractivity contribution in [3.63, 3.8) is 0 Å². The van der Waals surface area contributed by atoms with Crippen LogP contribution in [0.2, 0.25) is 0 Å². The Morgan fingerprint density at radius 3 is 1.43 bits per heavy atom. The largest absolute Gasteiger partial charge is 1.00 e. The molecule has 0 rings (SSSR count). The minimum absolute atomic E-state index is 0. The summed E-state index contributed by atoms with van der Waals surface area (Å²) in [6.07, 6.45) is 16.8. The second-order valence-electron chi connectivity index (χ2n) is 6.15. The first-order valence-corrected chi connectivity index (χ1v) is 8.95. The molecule has 1 atom stereocenters. The summed E-state index contributed by atoms with van der Waals surface area (Å²) < 4.78 is 0. The zero-order valence-corrected chi connectivity index (χ0v) is 16.8. The molecule has 0 spiro atoms.